The summed E-state index contributed by atoms with van der Waals surface area (Å²) < 4.78 is 47.3. The van der Waals surface area contributed by atoms with E-state index >= 15 is 0 Å². The van der Waals surface area contributed by atoms with Crippen molar-refractivity contribution in [2.24, 2.45) is 0 Å². The summed E-state index contributed by atoms with van der Waals surface area (Å²) in [7, 11) is 0. The van der Waals surface area contributed by atoms with Crippen LogP contribution in [0.15, 0.2) is 67.0 Å². The summed E-state index contributed by atoms with van der Waals surface area (Å²) in [6.07, 6.45) is -1.36. The van der Waals surface area contributed by atoms with Crippen molar-refractivity contribution < 1.29 is 17.9 Å². The minimum absolute atomic E-state index is 0.108. The van der Waals surface area contributed by atoms with E-state index in [0.717, 1.165) is 29.4 Å². The standard InChI is InChI=1S/C21H19F3N2O/c1-15-5-4-6-17(13-15)26-11-12-27-20(26)16-9-10-25(14-16)19-8-3-2-7-18(19)21(22,23)24/h2-10,13-14,20H,11-12H2,1H3. The van der Waals surface area contributed by atoms with Crippen LogP contribution in [0.1, 0.15) is 22.9 Å². The second-order valence-electron chi connectivity index (χ2n) is 6.62. The summed E-state index contributed by atoms with van der Waals surface area (Å²) in [5.74, 6) is 0. The zero-order valence-electron chi connectivity index (χ0n) is 14.8. The van der Waals surface area contributed by atoms with Crippen LogP contribution in [0.2, 0.25) is 0 Å². The van der Waals surface area contributed by atoms with E-state index in [-0.39, 0.29) is 11.9 Å². The van der Waals surface area contributed by atoms with Crippen LogP contribution in [0.5, 0.6) is 0 Å². The number of para-hydroxylation sites is 1. The van der Waals surface area contributed by atoms with E-state index in [1.165, 1.54) is 16.7 Å². The van der Waals surface area contributed by atoms with Gasteiger partial charge >= 0.3 is 6.18 Å². The van der Waals surface area contributed by atoms with Crippen molar-refractivity contribution in [3.63, 3.8) is 0 Å². The molecule has 1 fully saturated rings. The van der Waals surface area contributed by atoms with Gasteiger partial charge in [0.15, 0.2) is 6.23 Å². The van der Waals surface area contributed by atoms with Gasteiger partial charge in [0.25, 0.3) is 0 Å². The number of nitrogens with zero attached hydrogens (tertiary/aromatic N) is 2. The van der Waals surface area contributed by atoms with Gasteiger partial charge in [0.1, 0.15) is 0 Å². The molecule has 27 heavy (non-hydrogen) atoms. The Kier molecular flexibility index (Phi) is 4.44. The lowest BCUT2D eigenvalue weighted by molar-refractivity contribution is -0.137. The Morgan fingerprint density at radius 2 is 1.85 bits per heavy atom. The van der Waals surface area contributed by atoms with E-state index in [4.69, 9.17) is 4.74 Å². The summed E-state index contributed by atoms with van der Waals surface area (Å²) in [5, 5.41) is 0. The third-order valence-electron chi connectivity index (χ3n) is 4.71. The molecule has 0 spiro atoms. The lowest BCUT2D eigenvalue weighted by Crippen LogP contribution is -2.23. The van der Waals surface area contributed by atoms with E-state index in [0.29, 0.717) is 6.61 Å². The van der Waals surface area contributed by atoms with Crippen LogP contribution in [0.4, 0.5) is 18.9 Å². The van der Waals surface area contributed by atoms with Gasteiger partial charge in [0, 0.05) is 30.2 Å². The highest BCUT2D eigenvalue weighted by Gasteiger charge is 2.34. The van der Waals surface area contributed by atoms with Crippen LogP contribution < -0.4 is 4.90 Å². The minimum Gasteiger partial charge on any atom is -0.352 e. The molecule has 0 N–H and O–H groups in total. The van der Waals surface area contributed by atoms with Crippen LogP contribution in [-0.2, 0) is 10.9 Å². The molecule has 0 radical (unpaired) electrons. The number of hydrogen-bond donors (Lipinski definition) is 0. The average molecular weight is 372 g/mol. The third-order valence-corrected chi connectivity index (χ3v) is 4.71. The summed E-state index contributed by atoms with van der Waals surface area (Å²) in [6.45, 7) is 3.33. The fourth-order valence-corrected chi connectivity index (χ4v) is 3.46. The second kappa shape index (κ2) is 6.78. The van der Waals surface area contributed by atoms with E-state index in [2.05, 4.69) is 11.0 Å². The number of alkyl halides is 3. The van der Waals surface area contributed by atoms with E-state index in [1.807, 2.05) is 31.2 Å². The summed E-state index contributed by atoms with van der Waals surface area (Å²) in [5.41, 5.74) is 2.47. The molecule has 1 aliphatic heterocycles. The molecule has 2 aromatic carbocycles. The van der Waals surface area contributed by atoms with Crippen molar-refractivity contribution in [3.8, 4) is 5.69 Å². The van der Waals surface area contributed by atoms with Gasteiger partial charge in [-0.3, -0.25) is 0 Å². The largest absolute Gasteiger partial charge is 0.418 e. The lowest BCUT2D eigenvalue weighted by atomic mass is 10.1. The topological polar surface area (TPSA) is 17.4 Å². The van der Waals surface area contributed by atoms with Crippen molar-refractivity contribution in [1.82, 2.24) is 4.57 Å². The molecule has 1 unspecified atom stereocenters. The minimum atomic E-state index is -4.40. The fraction of sp³-hybridized carbons (Fsp3) is 0.238. The molecule has 0 saturated carbocycles. The normalized spacial score (nSPS) is 17.5. The lowest BCUT2D eigenvalue weighted by Gasteiger charge is -2.25. The maximum Gasteiger partial charge on any atom is 0.418 e. The maximum atomic E-state index is 13.3. The maximum absolute atomic E-state index is 13.3. The molecular weight excluding hydrogens is 353 g/mol. The number of rotatable bonds is 3. The first-order valence-electron chi connectivity index (χ1n) is 8.73. The average Bonchev–Trinajstić information content (AvgIpc) is 3.30. The van der Waals surface area contributed by atoms with E-state index < -0.39 is 11.7 Å². The predicted molar refractivity (Wildman–Crippen MR) is 98.0 cm³/mol. The van der Waals surface area contributed by atoms with Gasteiger partial charge in [-0.15, -0.1) is 0 Å². The molecule has 1 saturated heterocycles. The van der Waals surface area contributed by atoms with Gasteiger partial charge in [-0.1, -0.05) is 24.3 Å². The van der Waals surface area contributed by atoms with Crippen molar-refractivity contribution in [2.75, 3.05) is 18.1 Å². The first-order chi connectivity index (χ1) is 12.9. The van der Waals surface area contributed by atoms with Crippen LogP contribution in [0, 0.1) is 6.92 Å². The van der Waals surface area contributed by atoms with Gasteiger partial charge in [0.05, 0.1) is 17.9 Å². The van der Waals surface area contributed by atoms with Gasteiger partial charge < -0.3 is 14.2 Å². The zero-order valence-corrected chi connectivity index (χ0v) is 14.8. The third kappa shape index (κ3) is 3.45. The highest BCUT2D eigenvalue weighted by molar-refractivity contribution is 5.51. The number of hydrogen-bond acceptors (Lipinski definition) is 2. The fourth-order valence-electron chi connectivity index (χ4n) is 3.46. The molecule has 0 bridgehead atoms. The summed E-state index contributed by atoms with van der Waals surface area (Å²) in [6, 6.07) is 15.5. The van der Waals surface area contributed by atoms with Gasteiger partial charge in [-0.05, 0) is 42.8 Å². The van der Waals surface area contributed by atoms with Crippen LogP contribution in [0.25, 0.3) is 5.69 Å². The van der Waals surface area contributed by atoms with Crippen LogP contribution in [-0.4, -0.2) is 17.7 Å². The highest BCUT2D eigenvalue weighted by Crippen LogP contribution is 2.36. The van der Waals surface area contributed by atoms with Crippen molar-refractivity contribution in [3.05, 3.63) is 83.7 Å². The highest BCUT2D eigenvalue weighted by atomic mass is 19.4. The molecule has 2 heterocycles. The molecule has 1 aromatic heterocycles. The van der Waals surface area contributed by atoms with Gasteiger partial charge in [-0.2, -0.15) is 13.2 Å². The number of anilines is 1. The molecule has 0 amide bonds. The number of aryl methyl sites for hydroxylation is 1. The molecule has 3 nitrogen and oxygen atoms in total. The number of aromatic nitrogens is 1. The van der Waals surface area contributed by atoms with Gasteiger partial charge in [0.2, 0.25) is 0 Å². The molecule has 1 aliphatic rings. The van der Waals surface area contributed by atoms with Gasteiger partial charge in [-0.25, -0.2) is 0 Å². The zero-order chi connectivity index (χ0) is 19.0. The van der Waals surface area contributed by atoms with Crippen LogP contribution in [0.3, 0.4) is 0 Å². The quantitative estimate of drug-likeness (QED) is 0.617. The molecule has 0 aliphatic carbocycles. The van der Waals surface area contributed by atoms with Crippen molar-refractivity contribution in [2.45, 2.75) is 19.3 Å². The predicted octanol–water partition coefficient (Wildman–Crippen LogP) is 5.34. The number of halogens is 3. The number of ether oxygens (including phenoxy) is 1. The number of benzene rings is 2. The second-order valence-corrected chi connectivity index (χ2v) is 6.62. The molecule has 4 rings (SSSR count). The Morgan fingerprint density at radius 3 is 2.63 bits per heavy atom. The Labute approximate surface area is 155 Å². The van der Waals surface area contributed by atoms with Crippen molar-refractivity contribution >= 4 is 5.69 Å². The molecule has 6 heteroatoms. The smallest absolute Gasteiger partial charge is 0.352 e. The van der Waals surface area contributed by atoms with E-state index in [1.54, 1.807) is 18.5 Å². The Balaban J connectivity index is 1.67. The molecule has 140 valence electrons. The summed E-state index contributed by atoms with van der Waals surface area (Å²) in [4.78, 5) is 2.13. The molecule has 1 atom stereocenters. The summed E-state index contributed by atoms with van der Waals surface area (Å²) >= 11 is 0. The first-order valence-corrected chi connectivity index (χ1v) is 8.73. The Bertz CT molecular complexity index is 948. The Morgan fingerprint density at radius 1 is 1.04 bits per heavy atom. The van der Waals surface area contributed by atoms with Crippen molar-refractivity contribution in [1.29, 1.82) is 0 Å². The van der Waals surface area contributed by atoms with E-state index in [9.17, 15) is 13.2 Å². The molecular formula is C21H19F3N2O. The first kappa shape index (κ1) is 17.7. The monoisotopic (exact) mass is 372 g/mol. The Hall–Kier alpha value is -2.73. The SMILES string of the molecule is Cc1cccc(N2CCOC2c2ccn(-c3ccccc3C(F)(F)F)c2)c1. The van der Waals surface area contributed by atoms with Crippen LogP contribution >= 0.6 is 0 Å². The molecule has 3 aromatic rings.